The highest BCUT2D eigenvalue weighted by atomic mass is 35.5. The van der Waals surface area contributed by atoms with Gasteiger partial charge in [-0.3, -0.25) is 4.79 Å². The van der Waals surface area contributed by atoms with E-state index in [4.69, 9.17) is 11.6 Å². The molecule has 0 fully saturated rings. The standard InChI is InChI=1S/C18H21ClFN3O3S/c1-12(2)23(3)27(25,26)15-7-4-13(5-8-15)21-11-18(24)22-14-6-9-17(20)16(19)10-14/h4-10,12,21H,11H2,1-3H3,(H,22,24). The van der Waals surface area contributed by atoms with Gasteiger partial charge in [-0.15, -0.1) is 0 Å². The molecule has 0 aliphatic carbocycles. The van der Waals surface area contributed by atoms with Crippen LogP contribution in [0, 0.1) is 5.82 Å². The zero-order valence-electron chi connectivity index (χ0n) is 15.2. The summed E-state index contributed by atoms with van der Waals surface area (Å²) >= 11 is 5.67. The first kappa shape index (κ1) is 21.1. The third kappa shape index (κ3) is 5.41. The van der Waals surface area contributed by atoms with Crippen LogP contribution in [0.25, 0.3) is 0 Å². The lowest BCUT2D eigenvalue weighted by Gasteiger charge is -2.21. The summed E-state index contributed by atoms with van der Waals surface area (Å²) in [6.45, 7) is 3.54. The number of rotatable bonds is 7. The Morgan fingerprint density at radius 3 is 2.30 bits per heavy atom. The van der Waals surface area contributed by atoms with E-state index in [1.807, 2.05) is 0 Å². The fourth-order valence-corrected chi connectivity index (χ4v) is 3.70. The highest BCUT2D eigenvalue weighted by molar-refractivity contribution is 7.89. The van der Waals surface area contributed by atoms with Crippen molar-refractivity contribution in [3.05, 3.63) is 53.3 Å². The number of halogens is 2. The van der Waals surface area contributed by atoms with Crippen LogP contribution in [0.1, 0.15) is 13.8 Å². The molecule has 0 aromatic heterocycles. The minimum atomic E-state index is -3.55. The molecule has 2 aromatic carbocycles. The fourth-order valence-electron chi connectivity index (χ4n) is 2.15. The minimum Gasteiger partial charge on any atom is -0.376 e. The number of nitrogens with one attached hydrogen (secondary N) is 2. The van der Waals surface area contributed by atoms with E-state index in [0.717, 1.165) is 0 Å². The van der Waals surface area contributed by atoms with Crippen molar-refractivity contribution >= 4 is 38.9 Å². The molecule has 2 N–H and O–H groups in total. The van der Waals surface area contributed by atoms with Gasteiger partial charge in [0.15, 0.2) is 0 Å². The highest BCUT2D eigenvalue weighted by Crippen LogP contribution is 2.20. The molecular weight excluding hydrogens is 393 g/mol. The number of amides is 1. The van der Waals surface area contributed by atoms with Gasteiger partial charge in [-0.2, -0.15) is 4.31 Å². The third-order valence-corrected chi connectivity index (χ3v) is 6.25. The second-order valence-corrected chi connectivity index (χ2v) is 8.57. The molecule has 9 heteroatoms. The van der Waals surface area contributed by atoms with Gasteiger partial charge in [0, 0.05) is 24.5 Å². The average molecular weight is 414 g/mol. The van der Waals surface area contributed by atoms with E-state index in [1.54, 1.807) is 26.0 Å². The molecule has 0 saturated heterocycles. The monoisotopic (exact) mass is 413 g/mol. The first-order valence-electron chi connectivity index (χ1n) is 8.18. The van der Waals surface area contributed by atoms with Crippen LogP contribution in [-0.2, 0) is 14.8 Å². The van der Waals surface area contributed by atoms with Gasteiger partial charge in [-0.05, 0) is 56.3 Å². The molecule has 0 bridgehead atoms. The molecule has 6 nitrogen and oxygen atoms in total. The molecular formula is C18H21ClFN3O3S. The van der Waals surface area contributed by atoms with Crippen molar-refractivity contribution in [3.8, 4) is 0 Å². The lowest BCUT2D eigenvalue weighted by Crippen LogP contribution is -2.33. The van der Waals surface area contributed by atoms with Gasteiger partial charge in [0.1, 0.15) is 5.82 Å². The van der Waals surface area contributed by atoms with E-state index in [2.05, 4.69) is 10.6 Å². The van der Waals surface area contributed by atoms with Gasteiger partial charge in [0.2, 0.25) is 15.9 Å². The Bertz CT molecular complexity index is 918. The van der Waals surface area contributed by atoms with Crippen molar-refractivity contribution in [2.45, 2.75) is 24.8 Å². The number of hydrogen-bond acceptors (Lipinski definition) is 4. The largest absolute Gasteiger partial charge is 0.376 e. The summed E-state index contributed by atoms with van der Waals surface area (Å²) in [5, 5.41) is 5.40. The van der Waals surface area contributed by atoms with Gasteiger partial charge in [0.25, 0.3) is 0 Å². The van der Waals surface area contributed by atoms with Gasteiger partial charge < -0.3 is 10.6 Å². The quantitative estimate of drug-likeness (QED) is 0.727. The minimum absolute atomic E-state index is 0.0486. The third-order valence-electron chi connectivity index (χ3n) is 3.91. The molecule has 27 heavy (non-hydrogen) atoms. The second kappa shape index (κ2) is 8.69. The summed E-state index contributed by atoms with van der Waals surface area (Å²) in [5.41, 5.74) is 0.972. The molecule has 0 spiro atoms. The van der Waals surface area contributed by atoms with Crippen LogP contribution >= 0.6 is 11.6 Å². The fraction of sp³-hybridized carbons (Fsp3) is 0.278. The van der Waals surface area contributed by atoms with E-state index in [9.17, 15) is 17.6 Å². The first-order valence-corrected chi connectivity index (χ1v) is 10.00. The zero-order valence-corrected chi connectivity index (χ0v) is 16.7. The van der Waals surface area contributed by atoms with Crippen LogP contribution in [0.5, 0.6) is 0 Å². The molecule has 0 radical (unpaired) electrons. The average Bonchev–Trinajstić information content (AvgIpc) is 2.62. The van der Waals surface area contributed by atoms with Gasteiger partial charge in [0.05, 0.1) is 16.5 Å². The van der Waals surface area contributed by atoms with Gasteiger partial charge in [-0.1, -0.05) is 11.6 Å². The summed E-state index contributed by atoms with van der Waals surface area (Å²) in [7, 11) is -2.03. The molecule has 0 unspecified atom stereocenters. The molecule has 1 amide bonds. The Kier molecular flexibility index (Phi) is 6.80. The number of sulfonamides is 1. The molecule has 0 saturated carbocycles. The van der Waals surface area contributed by atoms with E-state index in [1.165, 1.54) is 41.7 Å². The maximum atomic E-state index is 13.1. The summed E-state index contributed by atoms with van der Waals surface area (Å²) < 4.78 is 39.2. The lowest BCUT2D eigenvalue weighted by molar-refractivity contribution is -0.114. The maximum Gasteiger partial charge on any atom is 0.243 e. The number of carbonyl (C=O) groups excluding carboxylic acids is 1. The number of hydrogen-bond donors (Lipinski definition) is 2. The Labute approximate surface area is 163 Å². The summed E-state index contributed by atoms with van der Waals surface area (Å²) in [4.78, 5) is 12.1. The predicted octanol–water partition coefficient (Wildman–Crippen LogP) is 3.56. The van der Waals surface area contributed by atoms with Crippen molar-refractivity contribution in [2.75, 3.05) is 24.2 Å². The lowest BCUT2D eigenvalue weighted by atomic mass is 10.3. The maximum absolute atomic E-state index is 13.1. The SMILES string of the molecule is CC(C)N(C)S(=O)(=O)c1ccc(NCC(=O)Nc2ccc(F)c(Cl)c2)cc1. The Morgan fingerprint density at radius 2 is 1.74 bits per heavy atom. The number of nitrogens with zero attached hydrogens (tertiary/aromatic N) is 1. The zero-order chi connectivity index (χ0) is 20.2. The summed E-state index contributed by atoms with van der Waals surface area (Å²) in [5.74, 6) is -0.917. The summed E-state index contributed by atoms with van der Waals surface area (Å²) in [6.07, 6.45) is 0. The van der Waals surface area contributed by atoms with Crippen molar-refractivity contribution < 1.29 is 17.6 Å². The molecule has 0 aliphatic heterocycles. The van der Waals surface area contributed by atoms with Gasteiger partial charge >= 0.3 is 0 Å². The van der Waals surface area contributed by atoms with Crippen molar-refractivity contribution in [1.29, 1.82) is 0 Å². The van der Waals surface area contributed by atoms with Crippen LogP contribution in [-0.4, -0.2) is 38.3 Å². The van der Waals surface area contributed by atoms with Crippen molar-refractivity contribution in [2.24, 2.45) is 0 Å². The van der Waals surface area contributed by atoms with Crippen LogP contribution in [0.15, 0.2) is 47.4 Å². The molecule has 2 rings (SSSR count). The van der Waals surface area contributed by atoms with E-state index >= 15 is 0 Å². The number of carbonyl (C=O) groups is 1. The molecule has 0 atom stereocenters. The van der Waals surface area contributed by atoms with E-state index in [-0.39, 0.29) is 28.4 Å². The second-order valence-electron chi connectivity index (χ2n) is 6.17. The molecule has 0 heterocycles. The number of benzene rings is 2. The molecule has 0 aliphatic rings. The first-order chi connectivity index (χ1) is 12.6. The smallest absolute Gasteiger partial charge is 0.243 e. The Hall–Kier alpha value is -2.16. The van der Waals surface area contributed by atoms with E-state index in [0.29, 0.717) is 11.4 Å². The van der Waals surface area contributed by atoms with Gasteiger partial charge in [-0.25, -0.2) is 12.8 Å². The predicted molar refractivity (Wildman–Crippen MR) is 105 cm³/mol. The molecule has 2 aromatic rings. The van der Waals surface area contributed by atoms with Crippen LogP contribution < -0.4 is 10.6 Å². The van der Waals surface area contributed by atoms with Crippen LogP contribution in [0.2, 0.25) is 5.02 Å². The number of anilines is 2. The summed E-state index contributed by atoms with van der Waals surface area (Å²) in [6, 6.07) is 9.87. The molecule has 146 valence electrons. The topological polar surface area (TPSA) is 78.5 Å². The Morgan fingerprint density at radius 1 is 1.15 bits per heavy atom. The Balaban J connectivity index is 1.96. The van der Waals surface area contributed by atoms with E-state index < -0.39 is 15.8 Å². The van der Waals surface area contributed by atoms with Crippen LogP contribution in [0.4, 0.5) is 15.8 Å². The normalized spacial score (nSPS) is 11.7. The van der Waals surface area contributed by atoms with Crippen molar-refractivity contribution in [1.82, 2.24) is 4.31 Å². The highest BCUT2D eigenvalue weighted by Gasteiger charge is 2.22. The van der Waals surface area contributed by atoms with Crippen LogP contribution in [0.3, 0.4) is 0 Å². The van der Waals surface area contributed by atoms with Crippen molar-refractivity contribution in [3.63, 3.8) is 0 Å².